The van der Waals surface area contributed by atoms with Crippen LogP contribution in [0.1, 0.15) is 51.4 Å². The lowest BCUT2D eigenvalue weighted by Crippen LogP contribution is -2.43. The largest absolute Gasteiger partial charge is 0.480 e. The van der Waals surface area contributed by atoms with Gasteiger partial charge in [-0.3, -0.25) is 9.59 Å². The van der Waals surface area contributed by atoms with Crippen LogP contribution in [-0.2, 0) is 19.1 Å². The van der Waals surface area contributed by atoms with E-state index in [1.165, 1.54) is 7.11 Å². The predicted octanol–water partition coefficient (Wildman–Crippen LogP) is 1.48. The van der Waals surface area contributed by atoms with Crippen molar-refractivity contribution in [1.82, 2.24) is 5.32 Å². The first-order valence-electron chi connectivity index (χ1n) is 7.14. The lowest BCUT2D eigenvalue weighted by Gasteiger charge is -2.18. The summed E-state index contributed by atoms with van der Waals surface area (Å²) >= 11 is 0. The molecule has 114 valence electrons. The van der Waals surface area contributed by atoms with Crippen LogP contribution in [0.2, 0.25) is 0 Å². The summed E-state index contributed by atoms with van der Waals surface area (Å²) in [6.45, 7) is 0. The summed E-state index contributed by atoms with van der Waals surface area (Å²) in [5, 5.41) is 11.6. The minimum atomic E-state index is -1.11. The van der Waals surface area contributed by atoms with Gasteiger partial charge in [-0.25, -0.2) is 4.79 Å². The number of esters is 1. The first-order valence-corrected chi connectivity index (χ1v) is 7.14. The van der Waals surface area contributed by atoms with Crippen molar-refractivity contribution in [2.45, 2.75) is 57.4 Å². The Morgan fingerprint density at radius 1 is 1.20 bits per heavy atom. The molecule has 1 rings (SSSR count). The van der Waals surface area contributed by atoms with Crippen LogP contribution < -0.4 is 5.32 Å². The molecule has 0 aromatic carbocycles. The molecule has 0 bridgehead atoms. The summed E-state index contributed by atoms with van der Waals surface area (Å²) in [5.74, 6) is -1.89. The van der Waals surface area contributed by atoms with Crippen LogP contribution >= 0.6 is 0 Å². The molecule has 0 spiro atoms. The number of hydrogen-bond donors (Lipinski definition) is 2. The molecule has 1 aliphatic rings. The molecule has 1 fully saturated rings. The maximum atomic E-state index is 12.1. The highest BCUT2D eigenvalue weighted by molar-refractivity contribution is 5.85. The molecule has 0 heterocycles. The molecule has 0 aliphatic heterocycles. The molecule has 20 heavy (non-hydrogen) atoms. The number of methoxy groups -OCH3 is 1. The Bertz CT molecular complexity index is 347. The summed E-state index contributed by atoms with van der Waals surface area (Å²) in [4.78, 5) is 34.3. The van der Waals surface area contributed by atoms with Crippen LogP contribution in [0.15, 0.2) is 0 Å². The van der Waals surface area contributed by atoms with Gasteiger partial charge in [0.15, 0.2) is 0 Å². The van der Waals surface area contributed by atoms with Gasteiger partial charge in [0.05, 0.1) is 7.11 Å². The molecule has 0 aromatic rings. The maximum absolute atomic E-state index is 12.1. The van der Waals surface area contributed by atoms with E-state index in [-0.39, 0.29) is 24.7 Å². The van der Waals surface area contributed by atoms with Crippen molar-refractivity contribution in [2.24, 2.45) is 5.92 Å². The molecule has 1 saturated carbocycles. The molecule has 0 radical (unpaired) electrons. The topological polar surface area (TPSA) is 92.7 Å². The summed E-state index contributed by atoms with van der Waals surface area (Å²) in [7, 11) is 1.25. The monoisotopic (exact) mass is 285 g/mol. The third-order valence-electron chi connectivity index (χ3n) is 3.71. The van der Waals surface area contributed by atoms with E-state index >= 15 is 0 Å². The fourth-order valence-electron chi connectivity index (χ4n) is 2.45. The molecular weight excluding hydrogens is 262 g/mol. The van der Waals surface area contributed by atoms with Crippen molar-refractivity contribution in [3.63, 3.8) is 0 Å². The van der Waals surface area contributed by atoms with Gasteiger partial charge in [-0.2, -0.15) is 0 Å². The van der Waals surface area contributed by atoms with Crippen LogP contribution in [0, 0.1) is 5.92 Å². The standard InChI is InChI=1S/C14H23NO5/c1-20-12(16)9-8-11(14(18)19)15-13(17)10-6-4-2-3-5-7-10/h10-11H,2-9H2,1H3,(H,15,17)(H,18,19)/t11-/m1/s1. The molecule has 6 nitrogen and oxygen atoms in total. The number of carboxylic acid groups (broad SMARTS) is 1. The first-order chi connectivity index (χ1) is 9.54. The number of hydrogen-bond acceptors (Lipinski definition) is 4. The van der Waals surface area contributed by atoms with E-state index in [0.717, 1.165) is 38.5 Å². The summed E-state index contributed by atoms with van der Waals surface area (Å²) in [6.07, 6.45) is 5.96. The summed E-state index contributed by atoms with van der Waals surface area (Å²) in [5.41, 5.74) is 0. The lowest BCUT2D eigenvalue weighted by atomic mass is 9.98. The van der Waals surface area contributed by atoms with Crippen molar-refractivity contribution >= 4 is 17.8 Å². The Morgan fingerprint density at radius 2 is 1.80 bits per heavy atom. The summed E-state index contributed by atoms with van der Waals surface area (Å²) < 4.78 is 4.47. The fourth-order valence-corrected chi connectivity index (χ4v) is 2.45. The molecule has 0 saturated heterocycles. The van der Waals surface area contributed by atoms with Crippen LogP contribution in [0.3, 0.4) is 0 Å². The Balaban J connectivity index is 2.49. The van der Waals surface area contributed by atoms with Crippen molar-refractivity contribution in [3.8, 4) is 0 Å². The van der Waals surface area contributed by atoms with Gasteiger partial charge in [0.2, 0.25) is 5.91 Å². The zero-order valence-electron chi connectivity index (χ0n) is 11.9. The van der Waals surface area contributed by atoms with Gasteiger partial charge in [0.1, 0.15) is 6.04 Å². The molecule has 1 atom stereocenters. The molecule has 1 amide bonds. The number of carbonyl (C=O) groups is 3. The van der Waals surface area contributed by atoms with Gasteiger partial charge in [0.25, 0.3) is 0 Å². The van der Waals surface area contributed by atoms with Crippen molar-refractivity contribution in [2.75, 3.05) is 7.11 Å². The van der Waals surface area contributed by atoms with Crippen molar-refractivity contribution in [3.05, 3.63) is 0 Å². The fraction of sp³-hybridized carbons (Fsp3) is 0.786. The van der Waals surface area contributed by atoms with E-state index in [0.29, 0.717) is 0 Å². The molecule has 0 aromatic heterocycles. The number of ether oxygens (including phenoxy) is 1. The SMILES string of the molecule is COC(=O)CC[C@@H](NC(=O)C1CCCCCC1)C(=O)O. The second-order valence-corrected chi connectivity index (χ2v) is 5.20. The second kappa shape index (κ2) is 8.55. The van der Waals surface area contributed by atoms with Crippen molar-refractivity contribution in [1.29, 1.82) is 0 Å². The lowest BCUT2D eigenvalue weighted by molar-refractivity contribution is -0.144. The third-order valence-corrected chi connectivity index (χ3v) is 3.71. The summed E-state index contributed by atoms with van der Waals surface area (Å²) in [6, 6.07) is -1.02. The van der Waals surface area contributed by atoms with Crippen LogP contribution in [0.4, 0.5) is 0 Å². The minimum absolute atomic E-state index is 0.0155. The van der Waals surface area contributed by atoms with Crippen LogP contribution in [0.25, 0.3) is 0 Å². The predicted molar refractivity (Wildman–Crippen MR) is 72.0 cm³/mol. The van der Waals surface area contributed by atoms with Gasteiger partial charge in [-0.15, -0.1) is 0 Å². The number of rotatable bonds is 6. The number of carbonyl (C=O) groups excluding carboxylic acids is 2. The van der Waals surface area contributed by atoms with E-state index in [9.17, 15) is 14.4 Å². The molecule has 6 heteroatoms. The van der Waals surface area contributed by atoms with E-state index in [1.807, 2.05) is 0 Å². The van der Waals surface area contributed by atoms with Gasteiger partial charge >= 0.3 is 11.9 Å². The molecule has 1 aliphatic carbocycles. The Hall–Kier alpha value is -1.59. The van der Waals surface area contributed by atoms with E-state index in [2.05, 4.69) is 10.1 Å². The first kappa shape index (κ1) is 16.5. The minimum Gasteiger partial charge on any atom is -0.480 e. The quantitative estimate of drug-likeness (QED) is 0.569. The molecular formula is C14H23NO5. The highest BCUT2D eigenvalue weighted by Crippen LogP contribution is 2.23. The normalized spacial score (nSPS) is 17.9. The van der Waals surface area contributed by atoms with Crippen LogP contribution in [-0.4, -0.2) is 36.1 Å². The highest BCUT2D eigenvalue weighted by Gasteiger charge is 2.26. The number of carboxylic acids is 1. The Kier molecular flexibility index (Phi) is 7.04. The second-order valence-electron chi connectivity index (χ2n) is 5.20. The highest BCUT2D eigenvalue weighted by atomic mass is 16.5. The number of amides is 1. The van der Waals surface area contributed by atoms with Gasteiger partial charge < -0.3 is 15.2 Å². The number of nitrogens with one attached hydrogen (secondary N) is 1. The molecule has 0 unspecified atom stereocenters. The average Bonchev–Trinajstić information content (AvgIpc) is 2.71. The van der Waals surface area contributed by atoms with Crippen LogP contribution in [0.5, 0.6) is 0 Å². The Morgan fingerprint density at radius 3 is 2.30 bits per heavy atom. The van der Waals surface area contributed by atoms with Gasteiger partial charge in [0, 0.05) is 12.3 Å². The van der Waals surface area contributed by atoms with Crippen molar-refractivity contribution < 1.29 is 24.2 Å². The van der Waals surface area contributed by atoms with Gasteiger partial charge in [-0.1, -0.05) is 25.7 Å². The zero-order chi connectivity index (χ0) is 15.0. The Labute approximate surface area is 118 Å². The average molecular weight is 285 g/mol. The maximum Gasteiger partial charge on any atom is 0.326 e. The molecule has 2 N–H and O–H groups in total. The zero-order valence-corrected chi connectivity index (χ0v) is 11.9. The number of aliphatic carboxylic acids is 1. The third kappa shape index (κ3) is 5.59. The smallest absolute Gasteiger partial charge is 0.326 e. The van der Waals surface area contributed by atoms with Gasteiger partial charge in [-0.05, 0) is 19.3 Å². The van der Waals surface area contributed by atoms with E-state index in [1.54, 1.807) is 0 Å². The van der Waals surface area contributed by atoms with E-state index in [4.69, 9.17) is 5.11 Å². The van der Waals surface area contributed by atoms with E-state index < -0.39 is 18.0 Å².